The maximum atomic E-state index is 12.6. The number of hydrogen-bond donors (Lipinski definition) is 1. The Morgan fingerprint density at radius 1 is 1.28 bits per heavy atom. The van der Waals surface area contributed by atoms with E-state index in [1.54, 1.807) is 0 Å². The minimum Gasteiger partial charge on any atom is -0.325 e. The fourth-order valence-corrected chi connectivity index (χ4v) is 2.54. The van der Waals surface area contributed by atoms with Crippen molar-refractivity contribution >= 4 is 5.91 Å². The number of rotatable bonds is 4. The summed E-state index contributed by atoms with van der Waals surface area (Å²) in [5.74, 6) is 1.15. The summed E-state index contributed by atoms with van der Waals surface area (Å²) in [5, 5.41) is 3.54. The van der Waals surface area contributed by atoms with Gasteiger partial charge in [-0.3, -0.25) is 10.1 Å². The molecule has 1 amide bonds. The minimum atomic E-state index is 0.00440. The number of nitrogens with one attached hydrogen (secondary N) is 1. The van der Waals surface area contributed by atoms with Crippen molar-refractivity contribution in [1.82, 2.24) is 10.2 Å². The van der Waals surface area contributed by atoms with E-state index < -0.39 is 0 Å². The Labute approximate surface area is 112 Å². The topological polar surface area (TPSA) is 32.3 Å². The van der Waals surface area contributed by atoms with Gasteiger partial charge < -0.3 is 4.90 Å². The van der Waals surface area contributed by atoms with Crippen LogP contribution in [0.1, 0.15) is 54.9 Å². The van der Waals surface area contributed by atoms with Gasteiger partial charge >= 0.3 is 0 Å². The van der Waals surface area contributed by atoms with Gasteiger partial charge in [0, 0.05) is 6.54 Å². The first kappa shape index (κ1) is 15.5. The molecule has 0 spiro atoms. The Hall–Kier alpha value is -0.570. The Morgan fingerprint density at radius 2 is 1.83 bits per heavy atom. The van der Waals surface area contributed by atoms with E-state index in [4.69, 9.17) is 0 Å². The number of hydrogen-bond acceptors (Lipinski definition) is 2. The molecule has 0 aromatic heterocycles. The van der Waals surface area contributed by atoms with Crippen LogP contribution < -0.4 is 5.32 Å². The molecule has 3 nitrogen and oxygen atoms in total. The van der Waals surface area contributed by atoms with Gasteiger partial charge in [-0.05, 0) is 17.3 Å². The van der Waals surface area contributed by atoms with E-state index in [0.29, 0.717) is 11.8 Å². The minimum absolute atomic E-state index is 0.00440. The van der Waals surface area contributed by atoms with Crippen molar-refractivity contribution in [3.8, 4) is 0 Å². The zero-order valence-electron chi connectivity index (χ0n) is 13.1. The second-order valence-electron chi connectivity index (χ2n) is 7.25. The highest BCUT2D eigenvalue weighted by Crippen LogP contribution is 2.27. The molecule has 18 heavy (non-hydrogen) atoms. The zero-order chi connectivity index (χ0) is 14.1. The lowest BCUT2D eigenvalue weighted by Gasteiger charge is -2.32. The van der Waals surface area contributed by atoms with E-state index in [-0.39, 0.29) is 23.5 Å². The third kappa shape index (κ3) is 3.47. The van der Waals surface area contributed by atoms with E-state index >= 15 is 0 Å². The second-order valence-corrected chi connectivity index (χ2v) is 7.25. The molecule has 0 aliphatic carbocycles. The van der Waals surface area contributed by atoms with Crippen LogP contribution in [-0.2, 0) is 4.79 Å². The van der Waals surface area contributed by atoms with Crippen LogP contribution >= 0.6 is 0 Å². The summed E-state index contributed by atoms with van der Waals surface area (Å²) in [5.41, 5.74) is 0.148. The van der Waals surface area contributed by atoms with Gasteiger partial charge in [-0.25, -0.2) is 0 Å². The molecule has 3 heteroatoms. The predicted molar refractivity (Wildman–Crippen MR) is 76.2 cm³/mol. The van der Waals surface area contributed by atoms with Gasteiger partial charge in [0.1, 0.15) is 0 Å². The van der Waals surface area contributed by atoms with Gasteiger partial charge in [0.25, 0.3) is 0 Å². The molecule has 1 rings (SSSR count). The van der Waals surface area contributed by atoms with Crippen molar-refractivity contribution in [2.75, 3.05) is 6.54 Å². The molecule has 3 unspecified atom stereocenters. The molecule has 106 valence electrons. The van der Waals surface area contributed by atoms with Gasteiger partial charge in [-0.1, -0.05) is 54.9 Å². The van der Waals surface area contributed by atoms with Crippen molar-refractivity contribution in [3.05, 3.63) is 0 Å². The molecule has 1 fully saturated rings. The lowest BCUT2D eigenvalue weighted by atomic mass is 9.94. The van der Waals surface area contributed by atoms with E-state index in [2.05, 4.69) is 58.7 Å². The van der Waals surface area contributed by atoms with Gasteiger partial charge in [0.2, 0.25) is 5.91 Å². The first-order chi connectivity index (χ1) is 8.17. The predicted octanol–water partition coefficient (Wildman–Crippen LogP) is 2.86. The van der Waals surface area contributed by atoms with Gasteiger partial charge in [0.05, 0.1) is 12.2 Å². The lowest BCUT2D eigenvalue weighted by molar-refractivity contribution is -0.132. The van der Waals surface area contributed by atoms with Crippen LogP contribution in [0.2, 0.25) is 0 Å². The third-order valence-corrected chi connectivity index (χ3v) is 3.72. The Morgan fingerprint density at radius 3 is 2.22 bits per heavy atom. The standard InChI is InChI=1S/C15H30N2O/c1-8-11(4)12-14(18)17(9-15(5,6)7)13(16-12)10(2)3/h10-13,16H,8-9H2,1-7H3. The Balaban J connectivity index is 2.88. The molecule has 1 aliphatic heterocycles. The zero-order valence-corrected chi connectivity index (χ0v) is 13.1. The lowest BCUT2D eigenvalue weighted by Crippen LogP contribution is -2.45. The monoisotopic (exact) mass is 254 g/mol. The van der Waals surface area contributed by atoms with Crippen LogP contribution in [0.4, 0.5) is 0 Å². The molecule has 0 aromatic rings. The normalized spacial score (nSPS) is 27.1. The number of carbonyl (C=O) groups is 1. The highest BCUT2D eigenvalue weighted by Gasteiger charge is 2.43. The SMILES string of the molecule is CCC(C)C1NC(C(C)C)N(CC(C)(C)C)C1=O. The first-order valence-electron chi connectivity index (χ1n) is 7.24. The van der Waals surface area contributed by atoms with E-state index in [1.165, 1.54) is 0 Å². The summed E-state index contributed by atoms with van der Waals surface area (Å²) in [6.07, 6.45) is 1.23. The molecule has 1 aliphatic rings. The molecule has 0 bridgehead atoms. The molecular formula is C15H30N2O. The van der Waals surface area contributed by atoms with Crippen LogP contribution in [0.25, 0.3) is 0 Å². The molecule has 1 N–H and O–H groups in total. The maximum absolute atomic E-state index is 12.6. The molecule has 1 heterocycles. The quantitative estimate of drug-likeness (QED) is 0.836. The Kier molecular flexibility index (Phi) is 4.82. The van der Waals surface area contributed by atoms with Crippen LogP contribution in [0.15, 0.2) is 0 Å². The summed E-state index contributed by atoms with van der Waals surface area (Å²) in [4.78, 5) is 14.6. The average molecular weight is 254 g/mol. The van der Waals surface area contributed by atoms with Crippen LogP contribution in [0.3, 0.4) is 0 Å². The van der Waals surface area contributed by atoms with Gasteiger partial charge in [-0.15, -0.1) is 0 Å². The number of carbonyl (C=O) groups excluding carboxylic acids is 1. The Bertz CT molecular complexity index is 293. The van der Waals surface area contributed by atoms with Gasteiger partial charge in [-0.2, -0.15) is 0 Å². The highest BCUT2D eigenvalue weighted by atomic mass is 16.2. The molecule has 3 atom stereocenters. The van der Waals surface area contributed by atoms with Crippen molar-refractivity contribution in [2.45, 2.75) is 67.1 Å². The van der Waals surface area contributed by atoms with Crippen molar-refractivity contribution in [1.29, 1.82) is 0 Å². The molecular weight excluding hydrogens is 224 g/mol. The highest BCUT2D eigenvalue weighted by molar-refractivity contribution is 5.84. The van der Waals surface area contributed by atoms with Crippen molar-refractivity contribution in [3.63, 3.8) is 0 Å². The van der Waals surface area contributed by atoms with Crippen LogP contribution in [0, 0.1) is 17.3 Å². The maximum Gasteiger partial charge on any atom is 0.241 e. The van der Waals surface area contributed by atoms with Crippen molar-refractivity contribution in [2.24, 2.45) is 17.3 Å². The first-order valence-corrected chi connectivity index (χ1v) is 7.24. The number of amides is 1. The smallest absolute Gasteiger partial charge is 0.241 e. The van der Waals surface area contributed by atoms with E-state index in [9.17, 15) is 4.79 Å². The van der Waals surface area contributed by atoms with Crippen LogP contribution in [-0.4, -0.2) is 29.6 Å². The molecule has 1 saturated heterocycles. The average Bonchev–Trinajstić information content (AvgIpc) is 2.54. The summed E-state index contributed by atoms with van der Waals surface area (Å²) >= 11 is 0. The third-order valence-electron chi connectivity index (χ3n) is 3.72. The fourth-order valence-electron chi connectivity index (χ4n) is 2.54. The van der Waals surface area contributed by atoms with Crippen molar-refractivity contribution < 1.29 is 4.79 Å². The second kappa shape index (κ2) is 5.60. The fraction of sp³-hybridized carbons (Fsp3) is 0.933. The molecule has 0 radical (unpaired) electrons. The van der Waals surface area contributed by atoms with Gasteiger partial charge in [0.15, 0.2) is 0 Å². The van der Waals surface area contributed by atoms with E-state index in [1.807, 2.05) is 0 Å². The number of nitrogens with zero attached hydrogens (tertiary/aromatic N) is 1. The van der Waals surface area contributed by atoms with Crippen LogP contribution in [0.5, 0.6) is 0 Å². The molecule has 0 saturated carbocycles. The summed E-state index contributed by atoms with van der Waals surface area (Å²) in [6, 6.07) is 0.00440. The summed E-state index contributed by atoms with van der Waals surface area (Å²) in [7, 11) is 0. The summed E-state index contributed by atoms with van der Waals surface area (Å²) in [6.45, 7) is 16.1. The largest absolute Gasteiger partial charge is 0.325 e. The van der Waals surface area contributed by atoms with E-state index in [0.717, 1.165) is 13.0 Å². The molecule has 0 aromatic carbocycles. The summed E-state index contributed by atoms with van der Waals surface area (Å²) < 4.78 is 0.